The van der Waals surface area contributed by atoms with Crippen LogP contribution in [0.3, 0.4) is 0 Å². The maximum Gasteiger partial charge on any atom is 0.239 e. The Bertz CT molecular complexity index is 411. The van der Waals surface area contributed by atoms with E-state index in [1.807, 2.05) is 13.8 Å². The third-order valence-corrected chi connectivity index (χ3v) is 2.55. The minimum absolute atomic E-state index is 0.000137. The molecular weight excluding hydrogens is 300 g/mol. The number of nitrogens with one attached hydrogen (secondary N) is 3. The van der Waals surface area contributed by atoms with Gasteiger partial charge < -0.3 is 10.6 Å². The second kappa shape index (κ2) is 7.12. The van der Waals surface area contributed by atoms with Gasteiger partial charge >= 0.3 is 0 Å². The largest absolute Gasteiger partial charge is 0.368 e. The molecule has 0 aliphatic carbocycles. The Morgan fingerprint density at radius 1 is 1.56 bits per heavy atom. The zero-order chi connectivity index (χ0) is 13.5. The molecule has 1 rings (SSSR count). The Morgan fingerprint density at radius 3 is 2.89 bits per heavy atom. The number of carbonyl (C=O) groups excluding carboxylic acids is 1. The second-order valence-electron chi connectivity index (χ2n) is 3.93. The van der Waals surface area contributed by atoms with Gasteiger partial charge in [-0.05, 0) is 29.8 Å². The molecule has 8 heteroatoms. The summed E-state index contributed by atoms with van der Waals surface area (Å²) >= 11 is 3.31. The number of aromatic nitrogens is 2. The van der Waals surface area contributed by atoms with Crippen molar-refractivity contribution in [1.29, 1.82) is 0 Å². The highest BCUT2D eigenvalue weighted by Gasteiger charge is 2.06. The lowest BCUT2D eigenvalue weighted by molar-refractivity contribution is -0.121. The van der Waals surface area contributed by atoms with Crippen molar-refractivity contribution >= 4 is 33.6 Å². The number of hydrogen-bond acceptors (Lipinski definition) is 6. The van der Waals surface area contributed by atoms with Crippen molar-refractivity contribution in [2.24, 2.45) is 5.84 Å². The monoisotopic (exact) mass is 316 g/mol. The number of amides is 1. The molecule has 1 amide bonds. The van der Waals surface area contributed by atoms with Crippen molar-refractivity contribution in [3.8, 4) is 0 Å². The predicted molar refractivity (Wildman–Crippen MR) is 73.9 cm³/mol. The molecule has 0 aliphatic rings. The Morgan fingerprint density at radius 2 is 2.28 bits per heavy atom. The number of hydrogen-bond donors (Lipinski definition) is 4. The number of nitrogen functional groups attached to an aromatic ring is 1. The van der Waals surface area contributed by atoms with Crippen LogP contribution in [0.1, 0.15) is 20.3 Å². The van der Waals surface area contributed by atoms with E-state index in [0.717, 1.165) is 0 Å². The summed E-state index contributed by atoms with van der Waals surface area (Å²) in [4.78, 5) is 19.5. The first-order valence-corrected chi connectivity index (χ1v) is 6.34. The first-order valence-electron chi connectivity index (χ1n) is 5.55. The van der Waals surface area contributed by atoms with Gasteiger partial charge in [0.25, 0.3) is 0 Å². The van der Waals surface area contributed by atoms with Crippen LogP contribution in [-0.4, -0.2) is 28.5 Å². The minimum atomic E-state index is -0.000137. The summed E-state index contributed by atoms with van der Waals surface area (Å²) < 4.78 is 0.714. The van der Waals surface area contributed by atoms with Gasteiger partial charge in [-0.25, -0.2) is 10.8 Å². The van der Waals surface area contributed by atoms with Crippen molar-refractivity contribution < 1.29 is 4.79 Å². The highest BCUT2D eigenvalue weighted by molar-refractivity contribution is 9.10. The van der Waals surface area contributed by atoms with Gasteiger partial charge in [-0.15, -0.1) is 0 Å². The van der Waals surface area contributed by atoms with Gasteiger partial charge in [0.1, 0.15) is 5.82 Å². The number of nitrogens with two attached hydrogens (primary N) is 1. The lowest BCUT2D eigenvalue weighted by atomic mass is 10.3. The first-order chi connectivity index (χ1) is 8.52. The second-order valence-corrected chi connectivity index (χ2v) is 4.79. The van der Waals surface area contributed by atoms with E-state index in [1.165, 1.54) is 0 Å². The van der Waals surface area contributed by atoms with Crippen molar-refractivity contribution in [2.45, 2.75) is 26.3 Å². The molecule has 0 aliphatic heterocycles. The molecule has 1 heterocycles. The maximum atomic E-state index is 11.4. The zero-order valence-corrected chi connectivity index (χ0v) is 11.9. The fourth-order valence-electron chi connectivity index (χ4n) is 1.25. The average Bonchev–Trinajstić information content (AvgIpc) is 2.30. The van der Waals surface area contributed by atoms with E-state index < -0.39 is 0 Å². The van der Waals surface area contributed by atoms with Crippen molar-refractivity contribution in [1.82, 2.24) is 15.3 Å². The number of nitrogens with zero attached hydrogens (tertiary/aromatic N) is 2. The molecule has 1 aromatic heterocycles. The van der Waals surface area contributed by atoms with Crippen LogP contribution in [0.5, 0.6) is 0 Å². The molecule has 0 saturated heterocycles. The number of carbonyl (C=O) groups is 1. The molecule has 18 heavy (non-hydrogen) atoms. The van der Waals surface area contributed by atoms with Gasteiger partial charge in [0.05, 0.1) is 4.47 Å². The maximum absolute atomic E-state index is 11.4. The molecule has 0 atom stereocenters. The van der Waals surface area contributed by atoms with E-state index in [0.29, 0.717) is 29.2 Å². The van der Waals surface area contributed by atoms with Crippen LogP contribution in [0.2, 0.25) is 0 Å². The molecule has 0 fully saturated rings. The van der Waals surface area contributed by atoms with Crippen LogP contribution in [0.15, 0.2) is 10.7 Å². The highest BCUT2D eigenvalue weighted by Crippen LogP contribution is 2.19. The van der Waals surface area contributed by atoms with Crippen molar-refractivity contribution in [3.63, 3.8) is 0 Å². The van der Waals surface area contributed by atoms with Crippen LogP contribution in [0.25, 0.3) is 0 Å². The summed E-state index contributed by atoms with van der Waals surface area (Å²) in [6.45, 7) is 4.33. The Kier molecular flexibility index (Phi) is 5.79. The van der Waals surface area contributed by atoms with Crippen LogP contribution in [0, 0.1) is 0 Å². The molecule has 0 spiro atoms. The van der Waals surface area contributed by atoms with Gasteiger partial charge in [-0.3, -0.25) is 10.2 Å². The molecule has 5 N–H and O–H groups in total. The standard InChI is InChI=1S/C10H17BrN6O/c1-6(2)15-8(18)3-4-13-9-7(11)5-14-10(16-9)17-12/h5-6H,3-4,12H2,1-2H3,(H,15,18)(H2,13,14,16,17). The Hall–Kier alpha value is -1.41. The smallest absolute Gasteiger partial charge is 0.239 e. The Balaban J connectivity index is 2.46. The average molecular weight is 317 g/mol. The van der Waals surface area contributed by atoms with E-state index in [4.69, 9.17) is 5.84 Å². The fourth-order valence-corrected chi connectivity index (χ4v) is 1.58. The van der Waals surface area contributed by atoms with Crippen molar-refractivity contribution in [3.05, 3.63) is 10.7 Å². The van der Waals surface area contributed by atoms with Gasteiger partial charge in [0, 0.05) is 25.2 Å². The third kappa shape index (κ3) is 4.84. The van der Waals surface area contributed by atoms with E-state index in [9.17, 15) is 4.79 Å². The molecule has 1 aromatic rings. The SMILES string of the molecule is CC(C)NC(=O)CCNc1nc(NN)ncc1Br. The molecule has 0 bridgehead atoms. The summed E-state index contributed by atoms with van der Waals surface area (Å²) in [5, 5.41) is 5.85. The molecule has 7 nitrogen and oxygen atoms in total. The van der Waals surface area contributed by atoms with Crippen molar-refractivity contribution in [2.75, 3.05) is 17.3 Å². The van der Waals surface area contributed by atoms with E-state index in [2.05, 4.69) is 42.0 Å². The minimum Gasteiger partial charge on any atom is -0.368 e. The highest BCUT2D eigenvalue weighted by atomic mass is 79.9. The summed E-state index contributed by atoms with van der Waals surface area (Å²) in [6.07, 6.45) is 1.96. The number of anilines is 2. The van der Waals surface area contributed by atoms with Crippen LogP contribution in [0.4, 0.5) is 11.8 Å². The van der Waals surface area contributed by atoms with E-state index >= 15 is 0 Å². The topological polar surface area (TPSA) is 105 Å². The van der Waals surface area contributed by atoms with Crippen LogP contribution in [-0.2, 0) is 4.79 Å². The molecule has 0 aromatic carbocycles. The lowest BCUT2D eigenvalue weighted by Crippen LogP contribution is -2.31. The summed E-state index contributed by atoms with van der Waals surface area (Å²) in [6, 6.07) is 0.149. The molecule has 0 radical (unpaired) electrons. The Labute approximate surface area is 114 Å². The number of halogens is 1. The molecule has 0 unspecified atom stereocenters. The van der Waals surface area contributed by atoms with Gasteiger partial charge in [-0.1, -0.05) is 0 Å². The first kappa shape index (κ1) is 14.7. The predicted octanol–water partition coefficient (Wildman–Crippen LogP) is 0.851. The fraction of sp³-hybridized carbons (Fsp3) is 0.500. The molecule has 0 saturated carbocycles. The normalized spacial score (nSPS) is 10.3. The van der Waals surface area contributed by atoms with E-state index in [1.54, 1.807) is 6.20 Å². The third-order valence-electron chi connectivity index (χ3n) is 1.97. The van der Waals surface area contributed by atoms with Crippen LogP contribution < -0.4 is 21.9 Å². The summed E-state index contributed by atoms with van der Waals surface area (Å²) in [7, 11) is 0. The molecule has 100 valence electrons. The van der Waals surface area contributed by atoms with Crippen LogP contribution >= 0.6 is 15.9 Å². The zero-order valence-electron chi connectivity index (χ0n) is 10.3. The lowest BCUT2D eigenvalue weighted by Gasteiger charge is -2.10. The summed E-state index contributed by atoms with van der Waals surface area (Å²) in [5.41, 5.74) is 2.36. The van der Waals surface area contributed by atoms with Gasteiger partial charge in [0.15, 0.2) is 0 Å². The number of hydrazine groups is 1. The van der Waals surface area contributed by atoms with Gasteiger partial charge in [0.2, 0.25) is 11.9 Å². The van der Waals surface area contributed by atoms with Gasteiger partial charge in [-0.2, -0.15) is 4.98 Å². The summed E-state index contributed by atoms with van der Waals surface area (Å²) in [5.74, 6) is 6.12. The molecular formula is C10H17BrN6O. The number of rotatable bonds is 6. The quantitative estimate of drug-likeness (QED) is 0.458. The van der Waals surface area contributed by atoms with E-state index in [-0.39, 0.29) is 11.9 Å².